The van der Waals surface area contributed by atoms with Gasteiger partial charge in [0, 0.05) is 12.1 Å². The number of carbonyl (C=O) groups is 1. The number of amides is 1. The molecule has 162 valence electrons. The Balaban J connectivity index is 1.54. The normalized spacial score (nSPS) is 12.8. The van der Waals surface area contributed by atoms with Crippen molar-refractivity contribution in [3.63, 3.8) is 0 Å². The quantitative estimate of drug-likeness (QED) is 0.508. The van der Waals surface area contributed by atoms with Crippen LogP contribution in [0.5, 0.6) is 5.75 Å². The molecule has 0 fully saturated rings. The third-order valence-corrected chi connectivity index (χ3v) is 6.24. The molecular weight excluding hydrogens is 418 g/mol. The number of aryl methyl sites for hydroxylation is 2. The lowest BCUT2D eigenvalue weighted by Gasteiger charge is -2.09. The van der Waals surface area contributed by atoms with E-state index in [9.17, 15) is 4.79 Å². The van der Waals surface area contributed by atoms with Crippen molar-refractivity contribution in [2.45, 2.75) is 20.3 Å². The number of carbonyl (C=O) groups excluding carboxylic acids is 1. The molecule has 0 saturated carbocycles. The molecule has 6 heteroatoms. The number of nitrogens with one attached hydrogen (secondary N) is 1. The van der Waals surface area contributed by atoms with Crippen LogP contribution in [0.15, 0.2) is 76.7 Å². The van der Waals surface area contributed by atoms with Gasteiger partial charge in [0.2, 0.25) is 5.91 Å². The number of fused-ring (bicyclic) bond motifs is 1. The summed E-state index contributed by atoms with van der Waals surface area (Å²) in [5, 5.41) is 3.80. The summed E-state index contributed by atoms with van der Waals surface area (Å²) in [4.78, 5) is 22.4. The Hall–Kier alpha value is -3.38. The SMILES string of the molecule is COc1ccc(NC(=O)CSC2=Nc3cc(C)c(C)cc3N=C(c3ccccc3)C2)cc1. The largest absolute Gasteiger partial charge is 0.497 e. The number of anilines is 1. The van der Waals surface area contributed by atoms with Crippen LogP contribution < -0.4 is 10.1 Å². The molecule has 32 heavy (non-hydrogen) atoms. The van der Waals surface area contributed by atoms with E-state index >= 15 is 0 Å². The fraction of sp³-hybridized carbons (Fsp3) is 0.192. The van der Waals surface area contributed by atoms with Crippen LogP contribution >= 0.6 is 11.8 Å². The maximum Gasteiger partial charge on any atom is 0.234 e. The van der Waals surface area contributed by atoms with Crippen LogP contribution in [0.25, 0.3) is 0 Å². The average Bonchev–Trinajstić information content (AvgIpc) is 2.98. The van der Waals surface area contributed by atoms with E-state index in [4.69, 9.17) is 14.7 Å². The Morgan fingerprint density at radius 3 is 2.28 bits per heavy atom. The second-order valence-corrected chi connectivity index (χ2v) is 8.65. The molecule has 3 aromatic rings. The fourth-order valence-electron chi connectivity index (χ4n) is 3.37. The van der Waals surface area contributed by atoms with Crippen molar-refractivity contribution < 1.29 is 9.53 Å². The number of methoxy groups -OCH3 is 1. The molecule has 0 unspecified atom stereocenters. The molecule has 0 bridgehead atoms. The highest BCUT2D eigenvalue weighted by molar-refractivity contribution is 8.14. The second kappa shape index (κ2) is 9.83. The topological polar surface area (TPSA) is 63.0 Å². The Labute approximate surface area is 192 Å². The zero-order chi connectivity index (χ0) is 22.5. The van der Waals surface area contributed by atoms with Crippen LogP contribution in [0.4, 0.5) is 17.1 Å². The van der Waals surface area contributed by atoms with E-state index in [1.807, 2.05) is 42.5 Å². The maximum absolute atomic E-state index is 12.5. The summed E-state index contributed by atoms with van der Waals surface area (Å²) in [5.74, 6) is 0.945. The van der Waals surface area contributed by atoms with E-state index in [2.05, 4.69) is 43.4 Å². The van der Waals surface area contributed by atoms with E-state index in [-0.39, 0.29) is 11.7 Å². The lowest BCUT2D eigenvalue weighted by molar-refractivity contribution is -0.113. The van der Waals surface area contributed by atoms with Crippen LogP contribution in [0.1, 0.15) is 23.1 Å². The van der Waals surface area contributed by atoms with Gasteiger partial charge in [-0.25, -0.2) is 4.99 Å². The predicted molar refractivity (Wildman–Crippen MR) is 134 cm³/mol. The molecule has 1 aliphatic rings. The number of nitrogens with zero attached hydrogens (tertiary/aromatic N) is 2. The van der Waals surface area contributed by atoms with Crippen molar-refractivity contribution in [3.8, 4) is 5.75 Å². The highest BCUT2D eigenvalue weighted by atomic mass is 32.2. The first kappa shape index (κ1) is 21.8. The van der Waals surface area contributed by atoms with Crippen molar-refractivity contribution in [2.24, 2.45) is 9.98 Å². The molecule has 3 aromatic carbocycles. The highest BCUT2D eigenvalue weighted by Gasteiger charge is 2.17. The van der Waals surface area contributed by atoms with Gasteiger partial charge in [-0.15, -0.1) is 11.8 Å². The van der Waals surface area contributed by atoms with Gasteiger partial charge in [0.25, 0.3) is 0 Å². The number of rotatable bonds is 5. The van der Waals surface area contributed by atoms with Gasteiger partial charge in [0.15, 0.2) is 0 Å². The van der Waals surface area contributed by atoms with Gasteiger partial charge in [0.1, 0.15) is 5.75 Å². The van der Waals surface area contributed by atoms with Crippen LogP contribution in [0.2, 0.25) is 0 Å². The van der Waals surface area contributed by atoms with Crippen LogP contribution in [0.3, 0.4) is 0 Å². The molecule has 0 spiro atoms. The second-order valence-electron chi connectivity index (χ2n) is 7.60. The summed E-state index contributed by atoms with van der Waals surface area (Å²) in [6.07, 6.45) is 0.581. The minimum absolute atomic E-state index is 0.0781. The summed E-state index contributed by atoms with van der Waals surface area (Å²) in [7, 11) is 1.62. The van der Waals surface area contributed by atoms with E-state index in [0.29, 0.717) is 6.42 Å². The van der Waals surface area contributed by atoms with Gasteiger partial charge >= 0.3 is 0 Å². The Bertz CT molecular complexity index is 1190. The number of thioether (sulfide) groups is 1. The molecular formula is C26H25N3O2S. The van der Waals surface area contributed by atoms with Gasteiger partial charge in [0.05, 0.1) is 35.0 Å². The molecule has 1 amide bonds. The lowest BCUT2D eigenvalue weighted by Crippen LogP contribution is -2.16. The zero-order valence-corrected chi connectivity index (χ0v) is 19.2. The Morgan fingerprint density at radius 1 is 0.969 bits per heavy atom. The molecule has 0 radical (unpaired) electrons. The van der Waals surface area contributed by atoms with Gasteiger partial charge in [-0.2, -0.15) is 0 Å². The van der Waals surface area contributed by atoms with Gasteiger partial charge in [-0.1, -0.05) is 30.3 Å². The molecule has 4 rings (SSSR count). The van der Waals surface area contributed by atoms with Crippen LogP contribution in [-0.4, -0.2) is 29.5 Å². The molecule has 0 saturated heterocycles. The first-order valence-electron chi connectivity index (χ1n) is 10.4. The summed E-state index contributed by atoms with van der Waals surface area (Å²) in [5.41, 5.74) is 6.83. The van der Waals surface area contributed by atoms with Crippen molar-refractivity contribution >= 4 is 45.5 Å². The average molecular weight is 444 g/mol. The monoisotopic (exact) mass is 443 g/mol. The minimum Gasteiger partial charge on any atom is -0.497 e. The Morgan fingerprint density at radius 2 is 1.62 bits per heavy atom. The van der Waals surface area contributed by atoms with Crippen LogP contribution in [-0.2, 0) is 4.79 Å². The first-order valence-corrected chi connectivity index (χ1v) is 11.4. The highest BCUT2D eigenvalue weighted by Crippen LogP contribution is 2.36. The lowest BCUT2D eigenvalue weighted by atomic mass is 10.1. The van der Waals surface area contributed by atoms with E-state index in [1.54, 1.807) is 7.11 Å². The van der Waals surface area contributed by atoms with Crippen molar-refractivity contribution in [3.05, 3.63) is 83.4 Å². The maximum atomic E-state index is 12.5. The Kier molecular flexibility index (Phi) is 6.71. The van der Waals surface area contributed by atoms with Gasteiger partial charge in [-0.05, 0) is 66.9 Å². The number of benzene rings is 3. The van der Waals surface area contributed by atoms with E-state index < -0.39 is 0 Å². The summed E-state index contributed by atoms with van der Waals surface area (Å²) in [6.45, 7) is 4.16. The van der Waals surface area contributed by atoms with Crippen molar-refractivity contribution in [1.29, 1.82) is 0 Å². The molecule has 1 N–H and O–H groups in total. The third-order valence-electron chi connectivity index (χ3n) is 5.26. The standard InChI is InChI=1S/C26H25N3O2S/c1-17-13-23-24(14-18(17)2)29-26(15-22(28-23)19-7-5-4-6-8-19)32-16-25(30)27-20-9-11-21(31-3)12-10-20/h4-14H,15-16H2,1-3H3,(H,27,30). The van der Waals surface area contributed by atoms with Crippen LogP contribution in [0, 0.1) is 13.8 Å². The summed E-state index contributed by atoms with van der Waals surface area (Å²) >= 11 is 1.45. The number of hydrogen-bond acceptors (Lipinski definition) is 5. The smallest absolute Gasteiger partial charge is 0.234 e. The number of aliphatic imine (C=N–C) groups is 2. The predicted octanol–water partition coefficient (Wildman–Crippen LogP) is 6.24. The van der Waals surface area contributed by atoms with Crippen molar-refractivity contribution in [2.75, 3.05) is 18.2 Å². The molecule has 1 heterocycles. The minimum atomic E-state index is -0.0781. The van der Waals surface area contributed by atoms with E-state index in [1.165, 1.54) is 22.9 Å². The third kappa shape index (κ3) is 5.26. The number of ether oxygens (including phenoxy) is 1. The molecule has 0 atom stereocenters. The van der Waals surface area contributed by atoms with E-state index in [0.717, 1.165) is 39.1 Å². The summed E-state index contributed by atoms with van der Waals surface area (Å²) < 4.78 is 5.16. The molecule has 0 aromatic heterocycles. The molecule has 1 aliphatic heterocycles. The summed E-state index contributed by atoms with van der Waals surface area (Å²) in [6, 6.07) is 21.6. The zero-order valence-electron chi connectivity index (χ0n) is 18.4. The van der Waals surface area contributed by atoms with Crippen molar-refractivity contribution in [1.82, 2.24) is 0 Å². The molecule has 0 aliphatic carbocycles. The van der Waals surface area contributed by atoms with Gasteiger partial charge in [-0.3, -0.25) is 9.79 Å². The molecule has 5 nitrogen and oxygen atoms in total. The fourth-order valence-corrected chi connectivity index (χ4v) is 4.14. The first-order chi connectivity index (χ1) is 15.5. The number of hydrogen-bond donors (Lipinski definition) is 1. The van der Waals surface area contributed by atoms with Gasteiger partial charge < -0.3 is 10.1 Å².